The quantitative estimate of drug-likeness (QED) is 0.823. The number of methoxy groups -OCH3 is 1. The first kappa shape index (κ1) is 12.8. The van der Waals surface area contributed by atoms with Crippen LogP contribution in [0.25, 0.3) is 0 Å². The van der Waals surface area contributed by atoms with E-state index in [4.69, 9.17) is 16.3 Å². The Bertz CT molecular complexity index is 349. The van der Waals surface area contributed by atoms with Crippen molar-refractivity contribution in [1.82, 2.24) is 5.32 Å². The highest BCUT2D eigenvalue weighted by Gasteiger charge is 2.13. The number of carbonyl (C=O) groups is 1. The van der Waals surface area contributed by atoms with Crippen LogP contribution in [-0.4, -0.2) is 18.4 Å². The van der Waals surface area contributed by atoms with Crippen LogP contribution in [-0.2, 0) is 4.79 Å². The molecule has 16 heavy (non-hydrogen) atoms. The lowest BCUT2D eigenvalue weighted by Crippen LogP contribution is -2.31. The van der Waals surface area contributed by atoms with Gasteiger partial charge in [-0.15, -0.1) is 11.6 Å². The summed E-state index contributed by atoms with van der Waals surface area (Å²) in [5.41, 5.74) is 1.02. The highest BCUT2D eigenvalue weighted by atomic mass is 35.5. The Labute approximate surface area is 101 Å². The summed E-state index contributed by atoms with van der Waals surface area (Å²) >= 11 is 5.68. The Morgan fingerprint density at radius 2 is 1.88 bits per heavy atom. The summed E-state index contributed by atoms with van der Waals surface area (Å²) in [5.74, 6) is 0.637. The topological polar surface area (TPSA) is 38.3 Å². The van der Waals surface area contributed by atoms with Gasteiger partial charge >= 0.3 is 0 Å². The molecule has 0 bridgehead atoms. The third-order valence-electron chi connectivity index (χ3n) is 2.34. The number of hydrogen-bond acceptors (Lipinski definition) is 2. The van der Waals surface area contributed by atoms with E-state index < -0.39 is 5.38 Å². The zero-order valence-electron chi connectivity index (χ0n) is 9.66. The lowest BCUT2D eigenvalue weighted by atomic mass is 10.1. The molecule has 0 unspecified atom stereocenters. The standard InChI is InChI=1S/C12H16ClNO2/c1-8(13)12(15)14-9(2)10-4-6-11(16-3)7-5-10/h4-9H,1-3H3,(H,14,15)/t8-,9-/m1/s1. The molecule has 0 aromatic heterocycles. The molecule has 4 heteroatoms. The number of amides is 1. The summed E-state index contributed by atoms with van der Waals surface area (Å²) in [5, 5.41) is 2.31. The smallest absolute Gasteiger partial charge is 0.238 e. The highest BCUT2D eigenvalue weighted by molar-refractivity contribution is 6.30. The SMILES string of the molecule is COc1ccc([C@@H](C)NC(=O)[C@@H](C)Cl)cc1. The average Bonchev–Trinajstić information content (AvgIpc) is 2.28. The molecule has 3 nitrogen and oxygen atoms in total. The predicted molar refractivity (Wildman–Crippen MR) is 64.9 cm³/mol. The van der Waals surface area contributed by atoms with Gasteiger partial charge in [0.1, 0.15) is 11.1 Å². The van der Waals surface area contributed by atoms with Gasteiger partial charge in [0.2, 0.25) is 5.91 Å². The molecule has 88 valence electrons. The molecule has 0 aliphatic rings. The number of nitrogens with one attached hydrogen (secondary N) is 1. The van der Waals surface area contributed by atoms with E-state index in [-0.39, 0.29) is 11.9 Å². The summed E-state index contributed by atoms with van der Waals surface area (Å²) in [6.45, 7) is 3.57. The molecular formula is C12H16ClNO2. The van der Waals surface area contributed by atoms with Gasteiger partial charge in [-0.25, -0.2) is 0 Å². The number of hydrogen-bond donors (Lipinski definition) is 1. The molecule has 0 aliphatic carbocycles. The van der Waals surface area contributed by atoms with Crippen LogP contribution in [0.3, 0.4) is 0 Å². The van der Waals surface area contributed by atoms with E-state index in [0.717, 1.165) is 11.3 Å². The molecule has 0 spiro atoms. The van der Waals surface area contributed by atoms with Gasteiger partial charge in [0, 0.05) is 0 Å². The van der Waals surface area contributed by atoms with Gasteiger partial charge in [-0.05, 0) is 31.5 Å². The van der Waals surface area contributed by atoms with Gasteiger partial charge in [0.05, 0.1) is 13.2 Å². The van der Waals surface area contributed by atoms with Crippen molar-refractivity contribution in [3.05, 3.63) is 29.8 Å². The van der Waals surface area contributed by atoms with Crippen LogP contribution in [0.15, 0.2) is 24.3 Å². The largest absolute Gasteiger partial charge is 0.497 e. The highest BCUT2D eigenvalue weighted by Crippen LogP contribution is 2.17. The van der Waals surface area contributed by atoms with E-state index in [1.165, 1.54) is 0 Å². The summed E-state index contributed by atoms with van der Waals surface area (Å²) in [6.07, 6.45) is 0. The molecule has 0 fully saturated rings. The van der Waals surface area contributed by atoms with Gasteiger partial charge in [-0.1, -0.05) is 12.1 Å². The number of alkyl halides is 1. The molecule has 1 aromatic rings. The number of halogens is 1. The van der Waals surface area contributed by atoms with Gasteiger partial charge < -0.3 is 10.1 Å². The minimum Gasteiger partial charge on any atom is -0.497 e. The van der Waals surface area contributed by atoms with Crippen LogP contribution in [0.2, 0.25) is 0 Å². The molecular weight excluding hydrogens is 226 g/mol. The molecule has 1 rings (SSSR count). The van der Waals surface area contributed by atoms with Crippen molar-refractivity contribution in [2.24, 2.45) is 0 Å². The maximum atomic E-state index is 11.4. The third-order valence-corrected chi connectivity index (χ3v) is 2.53. The number of benzene rings is 1. The first-order chi connectivity index (χ1) is 7.54. The van der Waals surface area contributed by atoms with E-state index in [9.17, 15) is 4.79 Å². The number of ether oxygens (including phenoxy) is 1. The van der Waals surface area contributed by atoms with Gasteiger partial charge in [-0.3, -0.25) is 4.79 Å². The zero-order chi connectivity index (χ0) is 12.1. The number of carbonyl (C=O) groups excluding carboxylic acids is 1. The maximum absolute atomic E-state index is 11.4. The lowest BCUT2D eigenvalue weighted by Gasteiger charge is -2.15. The van der Waals surface area contributed by atoms with Crippen molar-refractivity contribution >= 4 is 17.5 Å². The Balaban J connectivity index is 2.65. The summed E-state index contributed by atoms with van der Waals surface area (Å²) < 4.78 is 5.06. The minimum absolute atomic E-state index is 0.0559. The molecule has 0 aliphatic heterocycles. The van der Waals surface area contributed by atoms with Crippen LogP contribution in [0, 0.1) is 0 Å². The van der Waals surface area contributed by atoms with E-state index >= 15 is 0 Å². The second kappa shape index (κ2) is 5.75. The monoisotopic (exact) mass is 241 g/mol. The van der Waals surface area contributed by atoms with Gasteiger partial charge in [0.15, 0.2) is 0 Å². The Kier molecular flexibility index (Phi) is 4.62. The van der Waals surface area contributed by atoms with Crippen molar-refractivity contribution in [1.29, 1.82) is 0 Å². The number of rotatable bonds is 4. The molecule has 2 atom stereocenters. The van der Waals surface area contributed by atoms with Gasteiger partial charge in [-0.2, -0.15) is 0 Å². The molecule has 0 radical (unpaired) electrons. The lowest BCUT2D eigenvalue weighted by molar-refractivity contribution is -0.121. The van der Waals surface area contributed by atoms with E-state index in [1.54, 1.807) is 14.0 Å². The fourth-order valence-corrected chi connectivity index (χ4v) is 1.37. The molecule has 1 amide bonds. The fraction of sp³-hybridized carbons (Fsp3) is 0.417. The second-order valence-corrected chi connectivity index (χ2v) is 4.27. The van der Waals surface area contributed by atoms with Crippen molar-refractivity contribution < 1.29 is 9.53 Å². The molecule has 0 saturated heterocycles. The molecule has 0 heterocycles. The minimum atomic E-state index is -0.513. The van der Waals surface area contributed by atoms with Crippen LogP contribution in [0.1, 0.15) is 25.5 Å². The summed E-state index contributed by atoms with van der Waals surface area (Å²) in [7, 11) is 1.62. The van der Waals surface area contributed by atoms with Gasteiger partial charge in [0.25, 0.3) is 0 Å². The second-order valence-electron chi connectivity index (χ2n) is 3.62. The van der Waals surface area contributed by atoms with Crippen molar-refractivity contribution in [2.75, 3.05) is 7.11 Å². The summed E-state index contributed by atoms with van der Waals surface area (Å²) in [6, 6.07) is 7.51. The maximum Gasteiger partial charge on any atom is 0.238 e. The van der Waals surface area contributed by atoms with E-state index in [1.807, 2.05) is 31.2 Å². The van der Waals surface area contributed by atoms with Crippen LogP contribution >= 0.6 is 11.6 Å². The first-order valence-corrected chi connectivity index (χ1v) is 5.56. The Morgan fingerprint density at radius 3 is 2.31 bits per heavy atom. The van der Waals surface area contributed by atoms with Crippen molar-refractivity contribution in [3.63, 3.8) is 0 Å². The third kappa shape index (κ3) is 3.42. The molecule has 0 saturated carbocycles. The van der Waals surface area contributed by atoms with E-state index in [2.05, 4.69) is 5.32 Å². The van der Waals surface area contributed by atoms with Crippen LogP contribution < -0.4 is 10.1 Å². The normalized spacial score (nSPS) is 14.0. The zero-order valence-corrected chi connectivity index (χ0v) is 10.4. The van der Waals surface area contributed by atoms with Crippen LogP contribution in [0.4, 0.5) is 0 Å². The fourth-order valence-electron chi connectivity index (χ4n) is 1.30. The molecule has 1 N–H and O–H groups in total. The van der Waals surface area contributed by atoms with Crippen LogP contribution in [0.5, 0.6) is 5.75 Å². The average molecular weight is 242 g/mol. The van der Waals surface area contributed by atoms with E-state index in [0.29, 0.717) is 0 Å². The van der Waals surface area contributed by atoms with Crippen molar-refractivity contribution in [3.8, 4) is 5.75 Å². The first-order valence-electron chi connectivity index (χ1n) is 5.13. The Morgan fingerprint density at radius 1 is 1.31 bits per heavy atom. The molecule has 1 aromatic carbocycles. The van der Waals surface area contributed by atoms with Crippen molar-refractivity contribution in [2.45, 2.75) is 25.3 Å². The summed E-state index contributed by atoms with van der Waals surface area (Å²) in [4.78, 5) is 11.4. The predicted octanol–water partition coefficient (Wildman–Crippen LogP) is 2.50. The Hall–Kier alpha value is -1.22.